The van der Waals surface area contributed by atoms with Crippen LogP contribution in [0.25, 0.3) is 0 Å². The van der Waals surface area contributed by atoms with Crippen molar-refractivity contribution >= 4 is 0 Å². The second-order valence-electron chi connectivity index (χ2n) is 4.37. The molecule has 0 atom stereocenters. The third kappa shape index (κ3) is 3.33. The van der Waals surface area contributed by atoms with Crippen molar-refractivity contribution in [1.82, 2.24) is 5.32 Å². The first-order valence-corrected chi connectivity index (χ1v) is 5.80. The van der Waals surface area contributed by atoms with E-state index in [-0.39, 0.29) is 6.10 Å². The molecule has 2 nitrogen and oxygen atoms in total. The van der Waals surface area contributed by atoms with E-state index in [0.717, 1.165) is 32.2 Å². The maximum Gasteiger partial charge on any atom is 0.0541 e. The van der Waals surface area contributed by atoms with Gasteiger partial charge in [-0.2, -0.15) is 0 Å². The van der Waals surface area contributed by atoms with E-state index >= 15 is 0 Å². The fourth-order valence-electron chi connectivity index (χ4n) is 2.14. The smallest absolute Gasteiger partial charge is 0.0541 e. The van der Waals surface area contributed by atoms with Crippen LogP contribution in [0.4, 0.5) is 0 Å². The van der Waals surface area contributed by atoms with Gasteiger partial charge < -0.3 is 10.4 Å². The Morgan fingerprint density at radius 3 is 2.40 bits per heavy atom. The maximum atomic E-state index is 9.38. The van der Waals surface area contributed by atoms with Crippen LogP contribution in [0.15, 0.2) is 30.3 Å². The van der Waals surface area contributed by atoms with Gasteiger partial charge in [0, 0.05) is 12.6 Å². The summed E-state index contributed by atoms with van der Waals surface area (Å²) in [5.41, 5.74) is 1.34. The molecule has 0 aromatic heterocycles. The number of nitrogens with one attached hydrogen (secondary N) is 1. The van der Waals surface area contributed by atoms with Gasteiger partial charge in [0.2, 0.25) is 0 Å². The normalized spacial score (nSPS) is 26.5. The van der Waals surface area contributed by atoms with E-state index < -0.39 is 0 Å². The first kappa shape index (κ1) is 10.7. The molecule has 0 heterocycles. The molecular formula is C13H19NO. The van der Waals surface area contributed by atoms with Gasteiger partial charge in [0.1, 0.15) is 0 Å². The van der Waals surface area contributed by atoms with Crippen LogP contribution in [0.2, 0.25) is 0 Å². The summed E-state index contributed by atoms with van der Waals surface area (Å²) < 4.78 is 0. The molecule has 0 saturated heterocycles. The minimum Gasteiger partial charge on any atom is -0.393 e. The molecule has 0 spiro atoms. The van der Waals surface area contributed by atoms with Crippen LogP contribution < -0.4 is 5.32 Å². The number of benzene rings is 1. The van der Waals surface area contributed by atoms with E-state index in [9.17, 15) is 5.11 Å². The van der Waals surface area contributed by atoms with E-state index in [4.69, 9.17) is 0 Å². The number of hydrogen-bond donors (Lipinski definition) is 2. The van der Waals surface area contributed by atoms with Crippen LogP contribution in [0.5, 0.6) is 0 Å². The lowest BCUT2D eigenvalue weighted by Crippen LogP contribution is -2.34. The molecule has 0 unspecified atom stereocenters. The average molecular weight is 205 g/mol. The highest BCUT2D eigenvalue weighted by molar-refractivity contribution is 5.14. The van der Waals surface area contributed by atoms with Crippen LogP contribution in [0.3, 0.4) is 0 Å². The third-order valence-corrected chi connectivity index (χ3v) is 3.13. The van der Waals surface area contributed by atoms with Crippen molar-refractivity contribution in [1.29, 1.82) is 0 Å². The summed E-state index contributed by atoms with van der Waals surface area (Å²) in [6.07, 6.45) is 4.06. The van der Waals surface area contributed by atoms with E-state index in [1.165, 1.54) is 5.56 Å². The average Bonchev–Trinajstić information content (AvgIpc) is 2.30. The molecule has 0 bridgehead atoms. The quantitative estimate of drug-likeness (QED) is 0.792. The second kappa shape index (κ2) is 5.29. The summed E-state index contributed by atoms with van der Waals surface area (Å²) in [5.74, 6) is 0. The fourth-order valence-corrected chi connectivity index (χ4v) is 2.14. The van der Waals surface area contributed by atoms with Gasteiger partial charge in [-0.1, -0.05) is 30.3 Å². The van der Waals surface area contributed by atoms with E-state index in [0.29, 0.717) is 6.04 Å². The lowest BCUT2D eigenvalue weighted by atomic mass is 9.93. The summed E-state index contributed by atoms with van der Waals surface area (Å²) in [4.78, 5) is 0. The lowest BCUT2D eigenvalue weighted by Gasteiger charge is -2.26. The standard InChI is InChI=1S/C13H19NO/c15-13-8-6-12(7-9-13)14-10-11-4-2-1-3-5-11/h1-5,12-15H,6-10H2/t12-,13-. The SMILES string of the molecule is O[C@H]1CC[C@H](NCc2ccccc2)CC1. The van der Waals surface area contributed by atoms with Crippen LogP contribution in [0.1, 0.15) is 31.2 Å². The summed E-state index contributed by atoms with van der Waals surface area (Å²) in [7, 11) is 0. The van der Waals surface area contributed by atoms with Crippen molar-refractivity contribution in [3.8, 4) is 0 Å². The molecule has 82 valence electrons. The maximum absolute atomic E-state index is 9.38. The van der Waals surface area contributed by atoms with Crippen molar-refractivity contribution in [2.45, 2.75) is 44.4 Å². The number of aliphatic hydroxyl groups is 1. The second-order valence-corrected chi connectivity index (χ2v) is 4.37. The zero-order chi connectivity index (χ0) is 10.5. The molecule has 0 aliphatic heterocycles. The summed E-state index contributed by atoms with van der Waals surface area (Å²) in [6, 6.07) is 11.1. The molecule has 1 aliphatic rings. The molecular weight excluding hydrogens is 186 g/mol. The predicted octanol–water partition coefficient (Wildman–Crippen LogP) is 2.08. The van der Waals surface area contributed by atoms with E-state index in [1.54, 1.807) is 0 Å². The molecule has 2 heteroatoms. The molecule has 1 aromatic rings. The first-order valence-electron chi connectivity index (χ1n) is 5.80. The minimum absolute atomic E-state index is 0.0558. The monoisotopic (exact) mass is 205 g/mol. The summed E-state index contributed by atoms with van der Waals surface area (Å²) in [5, 5.41) is 12.9. The highest BCUT2D eigenvalue weighted by Gasteiger charge is 2.18. The van der Waals surface area contributed by atoms with Crippen molar-refractivity contribution in [2.24, 2.45) is 0 Å². The van der Waals surface area contributed by atoms with Gasteiger partial charge in [-0.25, -0.2) is 0 Å². The molecule has 2 N–H and O–H groups in total. The topological polar surface area (TPSA) is 32.3 Å². The predicted molar refractivity (Wildman–Crippen MR) is 61.5 cm³/mol. The molecule has 1 saturated carbocycles. The van der Waals surface area contributed by atoms with Crippen LogP contribution in [0, 0.1) is 0 Å². The van der Waals surface area contributed by atoms with Crippen molar-refractivity contribution in [3.63, 3.8) is 0 Å². The Morgan fingerprint density at radius 1 is 1.07 bits per heavy atom. The fraction of sp³-hybridized carbons (Fsp3) is 0.538. The molecule has 15 heavy (non-hydrogen) atoms. The highest BCUT2D eigenvalue weighted by Crippen LogP contribution is 2.18. The summed E-state index contributed by atoms with van der Waals surface area (Å²) >= 11 is 0. The minimum atomic E-state index is -0.0558. The van der Waals surface area contributed by atoms with Crippen molar-refractivity contribution in [2.75, 3.05) is 0 Å². The molecule has 1 aliphatic carbocycles. The summed E-state index contributed by atoms with van der Waals surface area (Å²) in [6.45, 7) is 0.946. The lowest BCUT2D eigenvalue weighted by molar-refractivity contribution is 0.116. The Kier molecular flexibility index (Phi) is 3.75. The van der Waals surface area contributed by atoms with Crippen LogP contribution >= 0.6 is 0 Å². The van der Waals surface area contributed by atoms with Crippen molar-refractivity contribution in [3.05, 3.63) is 35.9 Å². The van der Waals surface area contributed by atoms with E-state index in [1.807, 2.05) is 6.07 Å². The Labute approximate surface area is 91.3 Å². The van der Waals surface area contributed by atoms with Crippen LogP contribution in [-0.2, 0) is 6.54 Å². The van der Waals surface area contributed by atoms with E-state index in [2.05, 4.69) is 29.6 Å². The zero-order valence-corrected chi connectivity index (χ0v) is 9.02. The van der Waals surface area contributed by atoms with Crippen LogP contribution in [-0.4, -0.2) is 17.3 Å². The number of hydrogen-bond acceptors (Lipinski definition) is 2. The van der Waals surface area contributed by atoms with Gasteiger partial charge in [-0.3, -0.25) is 0 Å². The van der Waals surface area contributed by atoms with Gasteiger partial charge in [0.25, 0.3) is 0 Å². The molecule has 0 amide bonds. The van der Waals surface area contributed by atoms with Gasteiger partial charge in [-0.15, -0.1) is 0 Å². The van der Waals surface area contributed by atoms with Gasteiger partial charge in [-0.05, 0) is 31.2 Å². The first-order chi connectivity index (χ1) is 7.34. The third-order valence-electron chi connectivity index (χ3n) is 3.13. The van der Waals surface area contributed by atoms with Crippen molar-refractivity contribution < 1.29 is 5.11 Å². The molecule has 2 rings (SSSR count). The molecule has 1 aromatic carbocycles. The Bertz CT molecular complexity index is 278. The van der Waals surface area contributed by atoms with Gasteiger partial charge >= 0.3 is 0 Å². The largest absolute Gasteiger partial charge is 0.393 e. The number of aliphatic hydroxyl groups excluding tert-OH is 1. The van der Waals surface area contributed by atoms with Gasteiger partial charge in [0.05, 0.1) is 6.10 Å². The molecule has 1 fully saturated rings. The Morgan fingerprint density at radius 2 is 1.73 bits per heavy atom. The molecule has 0 radical (unpaired) electrons. The number of rotatable bonds is 3. The highest BCUT2D eigenvalue weighted by atomic mass is 16.3. The Balaban J connectivity index is 1.74. The Hall–Kier alpha value is -0.860. The van der Waals surface area contributed by atoms with Gasteiger partial charge in [0.15, 0.2) is 0 Å². The zero-order valence-electron chi connectivity index (χ0n) is 9.02.